The summed E-state index contributed by atoms with van der Waals surface area (Å²) in [6, 6.07) is 10.8. The molecule has 0 saturated heterocycles. The Morgan fingerprint density at radius 1 is 1.10 bits per heavy atom. The zero-order valence-corrected chi connectivity index (χ0v) is 16.3. The number of carbonyl (C=O) groups excluding carboxylic acids is 1. The van der Waals surface area contributed by atoms with Gasteiger partial charge in [-0.25, -0.2) is 15.0 Å². The zero-order chi connectivity index (χ0) is 20.4. The summed E-state index contributed by atoms with van der Waals surface area (Å²) in [5, 5.41) is 10.8. The van der Waals surface area contributed by atoms with Crippen LogP contribution < -0.4 is 10.6 Å². The molecule has 4 aromatic rings. The SMILES string of the molecule is CC(C)(C)c1cc(NC(=O)c2cccnc2Nc2ccc3ncncc3c2)no1. The van der Waals surface area contributed by atoms with Gasteiger partial charge in [-0.1, -0.05) is 25.9 Å². The van der Waals surface area contributed by atoms with Crippen LogP contribution in [0, 0.1) is 0 Å². The number of hydrogen-bond donors (Lipinski definition) is 2. The fourth-order valence-corrected chi connectivity index (χ4v) is 2.76. The fourth-order valence-electron chi connectivity index (χ4n) is 2.76. The average Bonchev–Trinajstić information content (AvgIpc) is 3.17. The molecule has 0 unspecified atom stereocenters. The van der Waals surface area contributed by atoms with Crippen LogP contribution in [0.2, 0.25) is 0 Å². The van der Waals surface area contributed by atoms with Crippen LogP contribution in [0.3, 0.4) is 0 Å². The largest absolute Gasteiger partial charge is 0.359 e. The molecule has 0 radical (unpaired) electrons. The second kappa shape index (κ2) is 7.31. The number of anilines is 3. The predicted molar refractivity (Wildman–Crippen MR) is 110 cm³/mol. The van der Waals surface area contributed by atoms with Crippen LogP contribution in [0.4, 0.5) is 17.3 Å². The van der Waals surface area contributed by atoms with Gasteiger partial charge in [-0.2, -0.15) is 0 Å². The van der Waals surface area contributed by atoms with E-state index in [4.69, 9.17) is 4.52 Å². The van der Waals surface area contributed by atoms with Crippen LogP contribution in [-0.2, 0) is 5.41 Å². The maximum atomic E-state index is 12.8. The lowest BCUT2D eigenvalue weighted by atomic mass is 9.93. The summed E-state index contributed by atoms with van der Waals surface area (Å²) in [5.74, 6) is 1.15. The Hall–Kier alpha value is -3.81. The Labute approximate surface area is 167 Å². The normalized spacial score (nSPS) is 11.4. The molecular weight excluding hydrogens is 368 g/mol. The van der Waals surface area contributed by atoms with Crippen molar-refractivity contribution in [3.8, 4) is 0 Å². The molecule has 0 aliphatic carbocycles. The number of aromatic nitrogens is 4. The molecule has 0 aliphatic rings. The molecule has 1 aromatic carbocycles. The highest BCUT2D eigenvalue weighted by Crippen LogP contribution is 2.26. The maximum Gasteiger partial charge on any atom is 0.260 e. The van der Waals surface area contributed by atoms with Gasteiger partial charge in [0.15, 0.2) is 5.82 Å². The number of hydrogen-bond acceptors (Lipinski definition) is 7. The van der Waals surface area contributed by atoms with E-state index in [0.29, 0.717) is 23.0 Å². The van der Waals surface area contributed by atoms with Gasteiger partial charge < -0.3 is 15.2 Å². The Morgan fingerprint density at radius 3 is 2.76 bits per heavy atom. The Bertz CT molecular complexity index is 1180. The van der Waals surface area contributed by atoms with E-state index in [1.165, 1.54) is 6.33 Å². The van der Waals surface area contributed by atoms with Gasteiger partial charge in [0.05, 0.1) is 11.1 Å². The van der Waals surface area contributed by atoms with E-state index in [1.807, 2.05) is 39.0 Å². The zero-order valence-electron chi connectivity index (χ0n) is 16.3. The van der Waals surface area contributed by atoms with Crippen molar-refractivity contribution in [3.63, 3.8) is 0 Å². The average molecular weight is 388 g/mol. The highest BCUT2D eigenvalue weighted by Gasteiger charge is 2.21. The summed E-state index contributed by atoms with van der Waals surface area (Å²) in [4.78, 5) is 25.4. The lowest BCUT2D eigenvalue weighted by Gasteiger charge is -2.12. The molecule has 0 aliphatic heterocycles. The molecule has 8 heteroatoms. The van der Waals surface area contributed by atoms with Crippen molar-refractivity contribution in [3.05, 3.63) is 66.4 Å². The standard InChI is InChI=1S/C21H20N6O2/c1-21(2,3)17-10-18(27-29-17)26-20(28)15-5-4-8-23-19(15)25-14-6-7-16-13(9-14)11-22-12-24-16/h4-12H,1-3H3,(H,23,25)(H,26,27,28). The van der Waals surface area contributed by atoms with Crippen molar-refractivity contribution in [1.29, 1.82) is 0 Å². The second-order valence-electron chi connectivity index (χ2n) is 7.60. The van der Waals surface area contributed by atoms with Crippen molar-refractivity contribution in [2.45, 2.75) is 26.2 Å². The topological polar surface area (TPSA) is 106 Å². The van der Waals surface area contributed by atoms with Crippen LogP contribution in [0.5, 0.6) is 0 Å². The van der Waals surface area contributed by atoms with Gasteiger partial charge in [0.2, 0.25) is 0 Å². The third kappa shape index (κ3) is 4.06. The van der Waals surface area contributed by atoms with E-state index >= 15 is 0 Å². The van der Waals surface area contributed by atoms with Gasteiger partial charge >= 0.3 is 0 Å². The molecule has 0 atom stereocenters. The number of fused-ring (bicyclic) bond motifs is 1. The second-order valence-corrected chi connectivity index (χ2v) is 7.60. The minimum atomic E-state index is -0.335. The van der Waals surface area contributed by atoms with Crippen LogP contribution in [0.15, 0.2) is 59.6 Å². The van der Waals surface area contributed by atoms with Gasteiger partial charge in [0.25, 0.3) is 5.91 Å². The fraction of sp³-hybridized carbons (Fsp3) is 0.190. The summed E-state index contributed by atoms with van der Waals surface area (Å²) < 4.78 is 5.32. The summed E-state index contributed by atoms with van der Waals surface area (Å²) in [6.45, 7) is 6.03. The van der Waals surface area contributed by atoms with Gasteiger partial charge in [0.1, 0.15) is 17.9 Å². The van der Waals surface area contributed by atoms with Crippen molar-refractivity contribution in [1.82, 2.24) is 20.1 Å². The molecule has 3 aromatic heterocycles. The molecule has 0 saturated carbocycles. The van der Waals surface area contributed by atoms with Gasteiger partial charge in [-0.05, 0) is 30.3 Å². The van der Waals surface area contributed by atoms with Crippen molar-refractivity contribution in [2.75, 3.05) is 10.6 Å². The first-order valence-electron chi connectivity index (χ1n) is 9.10. The number of nitrogens with zero attached hydrogens (tertiary/aromatic N) is 4. The lowest BCUT2D eigenvalue weighted by Crippen LogP contribution is -2.15. The van der Waals surface area contributed by atoms with Gasteiger partial charge in [0, 0.05) is 34.9 Å². The first-order valence-corrected chi connectivity index (χ1v) is 9.10. The Kier molecular flexibility index (Phi) is 4.67. The van der Waals surface area contributed by atoms with Crippen LogP contribution in [0.25, 0.3) is 10.9 Å². The van der Waals surface area contributed by atoms with E-state index < -0.39 is 0 Å². The molecule has 29 heavy (non-hydrogen) atoms. The highest BCUT2D eigenvalue weighted by molar-refractivity contribution is 6.07. The van der Waals surface area contributed by atoms with E-state index in [2.05, 4.69) is 30.7 Å². The number of pyridine rings is 1. The number of amides is 1. The number of benzene rings is 1. The lowest BCUT2D eigenvalue weighted by molar-refractivity contribution is 0.102. The number of nitrogens with one attached hydrogen (secondary N) is 2. The van der Waals surface area contributed by atoms with E-state index in [9.17, 15) is 4.79 Å². The minimum Gasteiger partial charge on any atom is -0.359 e. The molecule has 4 rings (SSSR count). The molecular formula is C21H20N6O2. The van der Waals surface area contributed by atoms with Crippen molar-refractivity contribution < 1.29 is 9.32 Å². The van der Waals surface area contributed by atoms with Gasteiger partial charge in [-0.3, -0.25) is 4.79 Å². The molecule has 0 spiro atoms. The van der Waals surface area contributed by atoms with Crippen LogP contribution in [0.1, 0.15) is 36.9 Å². The van der Waals surface area contributed by atoms with E-state index in [0.717, 1.165) is 16.6 Å². The summed E-state index contributed by atoms with van der Waals surface area (Å²) >= 11 is 0. The Balaban J connectivity index is 1.57. The molecule has 1 amide bonds. The predicted octanol–water partition coefficient (Wildman–Crippen LogP) is 4.31. The first kappa shape index (κ1) is 18.5. The quantitative estimate of drug-likeness (QED) is 0.537. The van der Waals surface area contributed by atoms with Crippen LogP contribution in [-0.4, -0.2) is 26.0 Å². The number of rotatable bonds is 4. The highest BCUT2D eigenvalue weighted by atomic mass is 16.5. The first-order chi connectivity index (χ1) is 13.9. The molecule has 2 N–H and O–H groups in total. The third-order valence-electron chi connectivity index (χ3n) is 4.31. The molecule has 8 nitrogen and oxygen atoms in total. The Morgan fingerprint density at radius 2 is 1.97 bits per heavy atom. The molecule has 0 fully saturated rings. The van der Waals surface area contributed by atoms with Gasteiger partial charge in [-0.15, -0.1) is 0 Å². The summed E-state index contributed by atoms with van der Waals surface area (Å²) in [7, 11) is 0. The monoisotopic (exact) mass is 388 g/mol. The van der Waals surface area contributed by atoms with Crippen molar-refractivity contribution >= 4 is 34.1 Å². The summed E-state index contributed by atoms with van der Waals surface area (Å²) in [6.07, 6.45) is 4.86. The molecule has 0 bridgehead atoms. The van der Waals surface area contributed by atoms with E-state index in [1.54, 1.807) is 30.6 Å². The maximum absolute atomic E-state index is 12.8. The van der Waals surface area contributed by atoms with Crippen molar-refractivity contribution in [2.24, 2.45) is 0 Å². The summed E-state index contributed by atoms with van der Waals surface area (Å²) in [5.41, 5.74) is 1.80. The minimum absolute atomic E-state index is 0.198. The molecule has 146 valence electrons. The third-order valence-corrected chi connectivity index (χ3v) is 4.31. The van der Waals surface area contributed by atoms with E-state index in [-0.39, 0.29) is 11.3 Å². The number of carbonyl (C=O) groups is 1. The smallest absolute Gasteiger partial charge is 0.260 e. The molecule has 3 heterocycles. The van der Waals surface area contributed by atoms with Crippen LogP contribution >= 0.6 is 0 Å².